The highest BCUT2D eigenvalue weighted by atomic mass is 14.2. The molecule has 0 heteroatoms. The topological polar surface area (TPSA) is 0 Å². The zero-order valence-electron chi connectivity index (χ0n) is 52.0. The third-order valence-electron chi connectivity index (χ3n) is 8.44. The van der Waals surface area contributed by atoms with E-state index in [1.807, 2.05) is 0 Å². The molecule has 0 heterocycles. The smallest absolute Gasteiger partial charge is 0.0616 e. The predicted octanol–water partition coefficient (Wildman–Crippen LogP) is 13.6. The van der Waals surface area contributed by atoms with Gasteiger partial charge in [0.1, 0.15) is 0 Å². The fraction of sp³-hybridized carbons (Fsp3) is 0. The van der Waals surface area contributed by atoms with Crippen molar-refractivity contribution in [3.63, 3.8) is 0 Å². The second-order valence-corrected chi connectivity index (χ2v) is 11.0. The molecule has 0 radical (unpaired) electrons. The van der Waals surface area contributed by atoms with Crippen LogP contribution in [0.25, 0.3) is 109 Å². The Morgan fingerprint density at radius 3 is 1.23 bits per heavy atom. The molecule has 11 rings (SSSR count). The van der Waals surface area contributed by atoms with Crippen LogP contribution in [0.4, 0.5) is 0 Å². The minimum Gasteiger partial charge on any atom is -0.0616 e. The Hall–Kier alpha value is -6.24. The maximum atomic E-state index is 9.97. The largest absolute Gasteiger partial charge is 0.0636 e. The van der Waals surface area contributed by atoms with E-state index in [1.54, 1.807) is 0 Å². The fourth-order valence-electron chi connectivity index (χ4n) is 6.31. The minimum absolute atomic E-state index is 0.271. The molecular weight excluding hydrogens is 577 g/mol. The van der Waals surface area contributed by atoms with Crippen LogP contribution in [-0.2, 0) is 0 Å². The fourth-order valence-corrected chi connectivity index (χ4v) is 6.31. The summed E-state index contributed by atoms with van der Waals surface area (Å²) < 4.78 is 255. The standard InChI is InChI=1S/C48H28/c1-2-10-39-37(5-1)27-38(41-24-20-36-18-16-32-7-4-9-34-22-26-43(41)48(36)46(32)34)28-44(39)30-13-11-29(12-14-30)40-23-19-35-17-15-31-6-3-8-33-21-25-42(40)47(35)45(31)33/h1-28H/i1D,2D,3D,4D,5D,6D,7D,8D,9D,10D,11D,12D,13D,14D,15D,16D,17D,18D,19D,20D,21D,22D,23D,24D,25D,26D,27D,28D. The molecule has 0 amide bonds. The van der Waals surface area contributed by atoms with E-state index in [9.17, 15) is 15.1 Å². The molecule has 0 nitrogen and oxygen atoms in total. The second kappa shape index (κ2) is 9.64. The quantitative estimate of drug-likeness (QED) is 0.170. The molecular formula is C48H28. The number of rotatable bonds is 3. The van der Waals surface area contributed by atoms with Crippen molar-refractivity contribution in [1.29, 1.82) is 0 Å². The maximum Gasteiger partial charge on any atom is 0.0636 e. The Kier molecular flexibility index (Phi) is 2.19. The molecule has 0 spiro atoms. The van der Waals surface area contributed by atoms with Gasteiger partial charge in [0.2, 0.25) is 0 Å². The van der Waals surface area contributed by atoms with Gasteiger partial charge in [-0.15, -0.1) is 0 Å². The zero-order chi connectivity index (χ0) is 55.7. The molecule has 0 saturated heterocycles. The van der Waals surface area contributed by atoms with Crippen LogP contribution in [0.3, 0.4) is 0 Å². The lowest BCUT2D eigenvalue weighted by Gasteiger charge is -2.16. The van der Waals surface area contributed by atoms with Crippen molar-refractivity contribution in [3.05, 3.63) is 169 Å². The highest BCUT2D eigenvalue weighted by Gasteiger charge is 2.16. The van der Waals surface area contributed by atoms with E-state index in [-0.39, 0.29) is 21.5 Å². The van der Waals surface area contributed by atoms with Crippen molar-refractivity contribution in [2.75, 3.05) is 0 Å². The Bertz CT molecular complexity index is 4580. The van der Waals surface area contributed by atoms with Crippen LogP contribution in [0.1, 0.15) is 38.4 Å². The van der Waals surface area contributed by atoms with E-state index >= 15 is 0 Å². The van der Waals surface area contributed by atoms with Gasteiger partial charge < -0.3 is 0 Å². The van der Waals surface area contributed by atoms with Crippen molar-refractivity contribution < 1.29 is 38.4 Å². The van der Waals surface area contributed by atoms with Crippen LogP contribution in [0.5, 0.6) is 0 Å². The van der Waals surface area contributed by atoms with Crippen molar-refractivity contribution in [2.24, 2.45) is 0 Å². The summed E-state index contributed by atoms with van der Waals surface area (Å²) in [5.74, 6) is 0. The summed E-state index contributed by atoms with van der Waals surface area (Å²) in [5, 5.41) is -6.30. The van der Waals surface area contributed by atoms with E-state index < -0.39 is 256 Å². The summed E-state index contributed by atoms with van der Waals surface area (Å²) in [7, 11) is 0. The average Bonchev–Trinajstić information content (AvgIpc) is 3.39. The van der Waals surface area contributed by atoms with Gasteiger partial charge in [-0.1, -0.05) is 157 Å². The van der Waals surface area contributed by atoms with Gasteiger partial charge in [-0.2, -0.15) is 0 Å². The summed E-state index contributed by atoms with van der Waals surface area (Å²) in [6.45, 7) is 0. The van der Waals surface area contributed by atoms with Gasteiger partial charge in [0.15, 0.2) is 0 Å². The lowest BCUT2D eigenvalue weighted by atomic mass is 9.87. The minimum atomic E-state index is -1.09. The number of hydrogen-bond acceptors (Lipinski definition) is 0. The normalized spacial score (nSPS) is 20.3. The van der Waals surface area contributed by atoms with Gasteiger partial charge in [-0.25, -0.2) is 0 Å². The highest BCUT2D eigenvalue weighted by molar-refractivity contribution is 6.27. The summed E-state index contributed by atoms with van der Waals surface area (Å²) in [6, 6.07) is -24.0. The lowest BCUT2D eigenvalue weighted by Crippen LogP contribution is -1.90. The third kappa shape index (κ3) is 3.60. The van der Waals surface area contributed by atoms with Crippen LogP contribution in [-0.4, -0.2) is 0 Å². The number of benzene rings is 11. The molecule has 0 aliphatic heterocycles. The van der Waals surface area contributed by atoms with Gasteiger partial charge in [-0.05, 0) is 121 Å². The maximum absolute atomic E-state index is 9.97. The molecule has 0 atom stereocenters. The first-order chi connectivity index (χ1) is 35.5. The number of hydrogen-bond donors (Lipinski definition) is 0. The van der Waals surface area contributed by atoms with Crippen LogP contribution in [0.15, 0.2) is 169 Å². The van der Waals surface area contributed by atoms with Gasteiger partial charge in [0, 0.05) is 0 Å². The average molecular weight is 633 g/mol. The molecule has 0 aromatic heterocycles. The van der Waals surface area contributed by atoms with Gasteiger partial charge in [0.05, 0.1) is 38.4 Å². The summed E-state index contributed by atoms with van der Waals surface area (Å²) in [5.41, 5.74) is -4.70. The Labute approximate surface area is 317 Å². The number of fused-ring (bicyclic) bond motifs is 1. The van der Waals surface area contributed by atoms with Crippen LogP contribution in [0.2, 0.25) is 0 Å². The molecule has 0 unspecified atom stereocenters. The lowest BCUT2D eigenvalue weighted by molar-refractivity contribution is 1.62. The second-order valence-electron chi connectivity index (χ2n) is 11.0. The SMILES string of the molecule is [2H]c1c([2H])c(-c2c([2H])c([2H])c3c([2H])c([2H])c4c([2H])c([2H])c([2H])c5c([2H])c([2H])c2c3c45)c([2H])c([2H])c1-c1c([2H])c(-c2c([2H])c([2H])c3c([2H])c([2H])c4c([2H])c([2H])c([2H])c5c([2H])c([2H])c2c3c45)c([2H])c2c([2H])c([2H])c([2H])c([2H])c12. The third-order valence-corrected chi connectivity index (χ3v) is 8.44. The summed E-state index contributed by atoms with van der Waals surface area (Å²) in [6.07, 6.45) is 0. The van der Waals surface area contributed by atoms with Crippen LogP contribution in [0, 0.1) is 0 Å². The van der Waals surface area contributed by atoms with Gasteiger partial charge in [-0.3, -0.25) is 0 Å². The molecule has 48 heavy (non-hydrogen) atoms. The van der Waals surface area contributed by atoms with E-state index in [0.29, 0.717) is 0 Å². The summed E-state index contributed by atoms with van der Waals surface area (Å²) >= 11 is 0. The molecule has 0 aliphatic carbocycles. The molecule has 11 aromatic rings. The first kappa shape index (κ1) is 10.9. The van der Waals surface area contributed by atoms with Gasteiger partial charge >= 0.3 is 0 Å². The highest BCUT2D eigenvalue weighted by Crippen LogP contribution is 2.43. The Morgan fingerprint density at radius 1 is 0.250 bits per heavy atom. The van der Waals surface area contributed by atoms with E-state index in [0.717, 1.165) is 0 Å². The molecule has 0 bridgehead atoms. The van der Waals surface area contributed by atoms with Crippen molar-refractivity contribution >= 4 is 75.4 Å². The Morgan fingerprint density at radius 2 is 0.667 bits per heavy atom. The molecule has 0 aliphatic rings. The predicted molar refractivity (Wildman–Crippen MR) is 208 cm³/mol. The van der Waals surface area contributed by atoms with Crippen molar-refractivity contribution in [3.8, 4) is 33.4 Å². The molecule has 0 N–H and O–H groups in total. The van der Waals surface area contributed by atoms with Crippen molar-refractivity contribution in [2.45, 2.75) is 0 Å². The zero-order valence-corrected chi connectivity index (χ0v) is 24.0. The molecule has 0 fully saturated rings. The monoisotopic (exact) mass is 632 g/mol. The first-order valence-electron chi connectivity index (χ1n) is 28.5. The van der Waals surface area contributed by atoms with Crippen molar-refractivity contribution in [1.82, 2.24) is 0 Å². The van der Waals surface area contributed by atoms with Crippen LogP contribution < -0.4 is 0 Å². The summed E-state index contributed by atoms with van der Waals surface area (Å²) in [4.78, 5) is 0. The van der Waals surface area contributed by atoms with E-state index in [2.05, 4.69) is 0 Å². The van der Waals surface area contributed by atoms with E-state index in [4.69, 9.17) is 23.3 Å². The Balaban J connectivity index is 1.34. The first-order valence-corrected chi connectivity index (χ1v) is 14.5. The molecule has 220 valence electrons. The van der Waals surface area contributed by atoms with E-state index in [1.165, 1.54) is 0 Å². The molecule has 11 aromatic carbocycles. The van der Waals surface area contributed by atoms with Gasteiger partial charge in [0.25, 0.3) is 0 Å². The van der Waals surface area contributed by atoms with Crippen LogP contribution >= 0.6 is 0 Å². The molecule has 0 saturated carbocycles.